The quantitative estimate of drug-likeness (QED) is 0.809. The summed E-state index contributed by atoms with van der Waals surface area (Å²) in [5.41, 5.74) is 0.931. The average Bonchev–Trinajstić information content (AvgIpc) is 2.69. The minimum Gasteiger partial charge on any atom is -0.385 e. The van der Waals surface area contributed by atoms with E-state index in [0.29, 0.717) is 5.65 Å². The number of rotatable bonds is 3. The standard InChI is InChI=1S/C10H13N3O3S/c1-7(17(11,15)16)10(14)8-6-13-5-3-2-4-9(13)12-8/h2-7,10,14H,1H3,(H2,11,15,16)/t7-,10+/m1/s1. The molecule has 0 unspecified atom stereocenters. The number of aliphatic hydroxyl groups is 1. The molecule has 2 aromatic rings. The molecule has 6 nitrogen and oxygen atoms in total. The minimum absolute atomic E-state index is 0.290. The van der Waals surface area contributed by atoms with Gasteiger partial charge in [-0.15, -0.1) is 0 Å². The Labute approximate surface area is 98.8 Å². The van der Waals surface area contributed by atoms with Gasteiger partial charge in [0, 0.05) is 12.4 Å². The summed E-state index contributed by atoms with van der Waals surface area (Å²) in [6.45, 7) is 1.35. The van der Waals surface area contributed by atoms with E-state index in [1.54, 1.807) is 22.9 Å². The molecule has 0 radical (unpaired) electrons. The fourth-order valence-corrected chi connectivity index (χ4v) is 2.02. The number of aliphatic hydroxyl groups excluding tert-OH is 1. The van der Waals surface area contributed by atoms with E-state index >= 15 is 0 Å². The molecule has 17 heavy (non-hydrogen) atoms. The summed E-state index contributed by atoms with van der Waals surface area (Å²) >= 11 is 0. The van der Waals surface area contributed by atoms with Crippen LogP contribution in [0.2, 0.25) is 0 Å². The number of primary sulfonamides is 1. The van der Waals surface area contributed by atoms with Gasteiger partial charge in [-0.1, -0.05) is 6.07 Å². The first kappa shape index (κ1) is 12.0. The number of aromatic nitrogens is 2. The van der Waals surface area contributed by atoms with Gasteiger partial charge < -0.3 is 9.51 Å². The van der Waals surface area contributed by atoms with Crippen molar-refractivity contribution < 1.29 is 13.5 Å². The second-order valence-corrected chi connectivity index (χ2v) is 5.79. The molecule has 0 aromatic carbocycles. The van der Waals surface area contributed by atoms with Gasteiger partial charge in [0.05, 0.1) is 5.69 Å². The fourth-order valence-electron chi connectivity index (χ4n) is 1.52. The van der Waals surface area contributed by atoms with Gasteiger partial charge >= 0.3 is 0 Å². The Kier molecular flexibility index (Phi) is 2.90. The summed E-state index contributed by atoms with van der Waals surface area (Å²) in [5, 5.41) is 13.8. The number of pyridine rings is 1. The predicted molar refractivity (Wildman–Crippen MR) is 62.7 cm³/mol. The van der Waals surface area contributed by atoms with Crippen molar-refractivity contribution >= 4 is 15.7 Å². The second kappa shape index (κ2) is 4.10. The summed E-state index contributed by atoms with van der Waals surface area (Å²) in [6, 6.07) is 5.38. The molecule has 92 valence electrons. The first-order valence-corrected chi connectivity index (χ1v) is 6.64. The highest BCUT2D eigenvalue weighted by Crippen LogP contribution is 2.20. The fraction of sp³-hybridized carbons (Fsp3) is 0.300. The molecule has 2 heterocycles. The van der Waals surface area contributed by atoms with Crippen LogP contribution < -0.4 is 5.14 Å². The van der Waals surface area contributed by atoms with E-state index in [-0.39, 0.29) is 5.69 Å². The van der Waals surface area contributed by atoms with Gasteiger partial charge in [-0.2, -0.15) is 0 Å². The maximum atomic E-state index is 11.1. The molecule has 2 atom stereocenters. The number of imidazole rings is 1. The molecule has 7 heteroatoms. The molecule has 0 saturated heterocycles. The Morgan fingerprint density at radius 3 is 2.76 bits per heavy atom. The first-order chi connectivity index (χ1) is 7.89. The average molecular weight is 255 g/mol. The molecule has 0 bridgehead atoms. The topological polar surface area (TPSA) is 97.7 Å². The Balaban J connectivity index is 2.40. The number of sulfonamides is 1. The largest absolute Gasteiger partial charge is 0.385 e. The zero-order valence-corrected chi connectivity index (χ0v) is 10.0. The molecule has 0 aliphatic heterocycles. The van der Waals surface area contributed by atoms with Gasteiger partial charge in [0.1, 0.15) is 17.0 Å². The molecule has 2 rings (SSSR count). The van der Waals surface area contributed by atoms with Crippen LogP contribution in [0, 0.1) is 0 Å². The number of nitrogens with two attached hydrogens (primary N) is 1. The van der Waals surface area contributed by atoms with Crippen LogP contribution in [0.5, 0.6) is 0 Å². The minimum atomic E-state index is -3.79. The second-order valence-electron chi connectivity index (χ2n) is 3.87. The predicted octanol–water partition coefficient (Wildman–Crippen LogP) is 0.0447. The van der Waals surface area contributed by atoms with E-state index < -0.39 is 21.4 Å². The molecular weight excluding hydrogens is 242 g/mol. The van der Waals surface area contributed by atoms with Crippen LogP contribution in [-0.4, -0.2) is 28.2 Å². The molecule has 0 amide bonds. The van der Waals surface area contributed by atoms with Gasteiger partial charge in [-0.05, 0) is 19.1 Å². The van der Waals surface area contributed by atoms with Gasteiger partial charge in [0.2, 0.25) is 10.0 Å². The zero-order chi connectivity index (χ0) is 12.6. The van der Waals surface area contributed by atoms with Crippen LogP contribution >= 0.6 is 0 Å². The van der Waals surface area contributed by atoms with E-state index in [9.17, 15) is 13.5 Å². The van der Waals surface area contributed by atoms with E-state index in [1.165, 1.54) is 6.92 Å². The Hall–Kier alpha value is -1.44. The van der Waals surface area contributed by atoms with Crippen molar-refractivity contribution in [2.24, 2.45) is 5.14 Å². The maximum absolute atomic E-state index is 11.1. The SMILES string of the molecule is C[C@H]([C@H](O)c1cn2ccccc2n1)S(N)(=O)=O. The van der Waals surface area contributed by atoms with Crippen molar-refractivity contribution in [1.29, 1.82) is 0 Å². The summed E-state index contributed by atoms with van der Waals surface area (Å²) in [5.74, 6) is 0. The number of nitrogens with zero attached hydrogens (tertiary/aromatic N) is 2. The van der Waals surface area contributed by atoms with Crippen LogP contribution in [0.15, 0.2) is 30.6 Å². The lowest BCUT2D eigenvalue weighted by atomic mass is 10.2. The summed E-state index contributed by atoms with van der Waals surface area (Å²) in [6.07, 6.45) is 2.12. The van der Waals surface area contributed by atoms with E-state index in [1.807, 2.05) is 12.1 Å². The third-order valence-electron chi connectivity index (χ3n) is 2.65. The van der Waals surface area contributed by atoms with Crippen molar-refractivity contribution in [3.63, 3.8) is 0 Å². The molecule has 0 fully saturated rings. The van der Waals surface area contributed by atoms with Crippen LogP contribution in [0.25, 0.3) is 5.65 Å². The molecule has 0 spiro atoms. The molecule has 0 aliphatic rings. The number of hydrogen-bond donors (Lipinski definition) is 2. The summed E-state index contributed by atoms with van der Waals surface area (Å²) < 4.78 is 24.0. The highest BCUT2D eigenvalue weighted by molar-refractivity contribution is 7.89. The van der Waals surface area contributed by atoms with Crippen molar-refractivity contribution in [2.45, 2.75) is 18.3 Å². The van der Waals surface area contributed by atoms with Crippen molar-refractivity contribution in [1.82, 2.24) is 9.38 Å². The van der Waals surface area contributed by atoms with Crippen molar-refractivity contribution in [3.8, 4) is 0 Å². The first-order valence-electron chi connectivity index (χ1n) is 5.03. The van der Waals surface area contributed by atoms with Crippen molar-refractivity contribution in [2.75, 3.05) is 0 Å². The van der Waals surface area contributed by atoms with Gasteiger partial charge in [0.25, 0.3) is 0 Å². The molecule has 0 aliphatic carbocycles. The molecule has 2 aromatic heterocycles. The Morgan fingerprint density at radius 2 is 2.18 bits per heavy atom. The van der Waals surface area contributed by atoms with E-state index in [2.05, 4.69) is 4.98 Å². The van der Waals surface area contributed by atoms with Crippen LogP contribution in [0.4, 0.5) is 0 Å². The van der Waals surface area contributed by atoms with Crippen LogP contribution in [0.1, 0.15) is 18.7 Å². The summed E-state index contributed by atoms with van der Waals surface area (Å²) in [7, 11) is -3.79. The van der Waals surface area contributed by atoms with Gasteiger partial charge in [-0.3, -0.25) is 0 Å². The van der Waals surface area contributed by atoms with Crippen LogP contribution in [0.3, 0.4) is 0 Å². The van der Waals surface area contributed by atoms with Crippen LogP contribution in [-0.2, 0) is 10.0 Å². The highest BCUT2D eigenvalue weighted by atomic mass is 32.2. The number of fused-ring (bicyclic) bond motifs is 1. The normalized spacial score (nSPS) is 15.9. The maximum Gasteiger partial charge on any atom is 0.214 e. The molecular formula is C10H13N3O3S. The third kappa shape index (κ3) is 2.31. The highest BCUT2D eigenvalue weighted by Gasteiger charge is 2.27. The number of hydrogen-bond acceptors (Lipinski definition) is 4. The Bertz CT molecular complexity index is 602. The smallest absolute Gasteiger partial charge is 0.214 e. The van der Waals surface area contributed by atoms with Gasteiger partial charge in [0.15, 0.2) is 0 Å². The zero-order valence-electron chi connectivity index (χ0n) is 9.19. The molecule has 3 N–H and O–H groups in total. The van der Waals surface area contributed by atoms with E-state index in [4.69, 9.17) is 5.14 Å². The lowest BCUT2D eigenvalue weighted by molar-refractivity contribution is 0.172. The summed E-state index contributed by atoms with van der Waals surface area (Å²) in [4.78, 5) is 4.14. The van der Waals surface area contributed by atoms with E-state index in [0.717, 1.165) is 0 Å². The van der Waals surface area contributed by atoms with Gasteiger partial charge in [-0.25, -0.2) is 18.5 Å². The lowest BCUT2D eigenvalue weighted by Crippen LogP contribution is -2.31. The monoisotopic (exact) mass is 255 g/mol. The van der Waals surface area contributed by atoms with Crippen molar-refractivity contribution in [3.05, 3.63) is 36.3 Å². The third-order valence-corrected chi connectivity index (χ3v) is 3.94. The lowest BCUT2D eigenvalue weighted by Gasteiger charge is -2.14. The Morgan fingerprint density at radius 1 is 1.47 bits per heavy atom. The molecule has 0 saturated carbocycles.